The third-order valence-electron chi connectivity index (χ3n) is 5.02. The van der Waals surface area contributed by atoms with Gasteiger partial charge in [0.25, 0.3) is 0 Å². The summed E-state index contributed by atoms with van der Waals surface area (Å²) < 4.78 is 12.0. The Bertz CT molecular complexity index is 839. The minimum absolute atomic E-state index is 0. The summed E-state index contributed by atoms with van der Waals surface area (Å²) in [5, 5.41) is 0.944. The number of carbonyl (C=O) groups excluding carboxylic acids is 1. The molecule has 0 saturated heterocycles. The van der Waals surface area contributed by atoms with E-state index in [2.05, 4.69) is 46.8 Å². The second kappa shape index (κ2) is 13.3. The first-order valence-corrected chi connectivity index (χ1v) is 12.0. The molecular weight excluding hydrogens is 398 g/mol. The topological polar surface area (TPSA) is 35.5 Å². The summed E-state index contributed by atoms with van der Waals surface area (Å²) in [6.45, 7) is 16.2. The van der Waals surface area contributed by atoms with Crippen LogP contribution in [0, 0.1) is 32.6 Å². The van der Waals surface area contributed by atoms with Crippen LogP contribution in [0.4, 0.5) is 0 Å². The van der Waals surface area contributed by atoms with Crippen LogP contribution < -0.4 is 33.6 Å². The first-order chi connectivity index (χ1) is 14.2. The molecule has 2 aromatic carbocycles. The van der Waals surface area contributed by atoms with Crippen LogP contribution in [0.25, 0.3) is 0 Å². The van der Waals surface area contributed by atoms with Gasteiger partial charge in [-0.05, 0) is 77.3 Å². The molecule has 0 spiro atoms. The van der Waals surface area contributed by atoms with Crippen molar-refractivity contribution in [2.75, 3.05) is 13.2 Å². The summed E-state index contributed by atoms with van der Waals surface area (Å²) in [5.74, 6) is 2.75. The number of ether oxygens (including phenoxy) is 2. The van der Waals surface area contributed by atoms with Gasteiger partial charge in [0.2, 0.25) is 0 Å². The van der Waals surface area contributed by atoms with E-state index in [1.807, 2.05) is 32.0 Å². The largest absolute Gasteiger partial charge is 1.00 e. The van der Waals surface area contributed by atoms with E-state index in [1.165, 1.54) is 5.56 Å². The minimum Gasteiger partial charge on any atom is -0.493 e. The number of hydrogen-bond acceptors (Lipinski definition) is 3. The summed E-state index contributed by atoms with van der Waals surface area (Å²) in [7, 11) is 0.0251. The Hall–Kier alpha value is -1.26. The Balaban J connectivity index is 0.00000480. The fraction of sp³-hybridized carbons (Fsp3) is 0.500. The molecule has 1 unspecified atom stereocenters. The van der Waals surface area contributed by atoms with Crippen molar-refractivity contribution in [3.05, 3.63) is 52.6 Å². The molecule has 0 aliphatic carbocycles. The number of aryl methyl sites for hydroxylation is 3. The summed E-state index contributed by atoms with van der Waals surface area (Å²) in [4.78, 5) is 13.2. The van der Waals surface area contributed by atoms with Crippen LogP contribution in [0.3, 0.4) is 0 Å². The third kappa shape index (κ3) is 9.02. The zero-order valence-corrected chi connectivity index (χ0v) is 21.6. The summed E-state index contributed by atoms with van der Waals surface area (Å²) in [6, 6.07) is 10.1. The van der Waals surface area contributed by atoms with Gasteiger partial charge in [0, 0.05) is 16.9 Å². The molecule has 0 radical (unpaired) electrons. The van der Waals surface area contributed by atoms with Gasteiger partial charge in [0.05, 0.1) is 13.2 Å². The number of rotatable bonds is 11. The summed E-state index contributed by atoms with van der Waals surface area (Å²) in [5.41, 5.74) is 4.27. The molecule has 164 valence electrons. The second-order valence-corrected chi connectivity index (χ2v) is 10.2. The van der Waals surface area contributed by atoms with Crippen LogP contribution in [-0.4, -0.2) is 18.7 Å². The minimum atomic E-state index is 0. The van der Waals surface area contributed by atoms with Crippen LogP contribution in [0.1, 0.15) is 67.6 Å². The maximum Gasteiger partial charge on any atom is 1.00 e. The number of carbonyl (C=O) groups is 1. The molecule has 0 saturated carbocycles. The van der Waals surface area contributed by atoms with Crippen LogP contribution in [0.15, 0.2) is 30.3 Å². The zero-order valence-electron chi connectivity index (χ0n) is 20.6. The Morgan fingerprint density at radius 2 is 1.42 bits per heavy atom. The van der Waals surface area contributed by atoms with E-state index < -0.39 is 0 Å². The molecule has 2 rings (SSSR count). The average Bonchev–Trinajstić information content (AvgIpc) is 2.62. The smallest absolute Gasteiger partial charge is 0.493 e. The van der Waals surface area contributed by atoms with Crippen molar-refractivity contribution < 1.29 is 33.1 Å². The second-order valence-electron chi connectivity index (χ2n) is 8.95. The van der Waals surface area contributed by atoms with E-state index in [1.54, 1.807) is 0 Å². The van der Waals surface area contributed by atoms with Gasteiger partial charge in [-0.15, -0.1) is 0 Å². The molecule has 5 heteroatoms. The van der Waals surface area contributed by atoms with E-state index in [0.717, 1.165) is 46.3 Å². The maximum atomic E-state index is 13.2. The van der Waals surface area contributed by atoms with E-state index in [-0.39, 0.29) is 33.0 Å². The molecule has 0 aliphatic heterocycles. The van der Waals surface area contributed by atoms with Gasteiger partial charge in [0.15, 0.2) is 5.52 Å². The van der Waals surface area contributed by atoms with Gasteiger partial charge >= 0.3 is 18.9 Å². The van der Waals surface area contributed by atoms with Crippen molar-refractivity contribution in [1.29, 1.82) is 0 Å². The fourth-order valence-electron chi connectivity index (χ4n) is 3.36. The van der Waals surface area contributed by atoms with Crippen molar-refractivity contribution in [2.45, 2.75) is 61.3 Å². The number of benzene rings is 2. The summed E-state index contributed by atoms with van der Waals surface area (Å²) in [6.07, 6.45) is 1.99. The SMILES string of the molecule is Cc1cc(C)c(C(=O)Pc2ccc(OCCC(C)C)cc2OCCC(C)C)c(C)c1.[Li+]. The molecule has 0 bridgehead atoms. The Kier molecular flexibility index (Phi) is 11.9. The molecule has 1 atom stereocenters. The number of hydrogen-bond donors (Lipinski definition) is 0. The van der Waals surface area contributed by atoms with Gasteiger partial charge in [-0.3, -0.25) is 4.79 Å². The molecule has 0 heterocycles. The predicted molar refractivity (Wildman–Crippen MR) is 129 cm³/mol. The molecule has 31 heavy (non-hydrogen) atoms. The molecular formula is C26H37LiO3P+. The van der Waals surface area contributed by atoms with Gasteiger partial charge in [-0.25, -0.2) is 0 Å². The zero-order chi connectivity index (χ0) is 22.3. The first kappa shape index (κ1) is 27.8. The van der Waals surface area contributed by atoms with E-state index in [9.17, 15) is 4.79 Å². The van der Waals surface area contributed by atoms with Crippen LogP contribution in [0.5, 0.6) is 11.5 Å². The van der Waals surface area contributed by atoms with Gasteiger partial charge in [0.1, 0.15) is 11.5 Å². The molecule has 3 nitrogen and oxygen atoms in total. The molecule has 0 aliphatic rings. The van der Waals surface area contributed by atoms with Gasteiger partial charge < -0.3 is 9.47 Å². The normalized spacial score (nSPS) is 11.3. The van der Waals surface area contributed by atoms with Gasteiger partial charge in [-0.2, -0.15) is 0 Å². The van der Waals surface area contributed by atoms with E-state index in [0.29, 0.717) is 25.0 Å². The van der Waals surface area contributed by atoms with Crippen LogP contribution in [-0.2, 0) is 0 Å². The monoisotopic (exact) mass is 435 g/mol. The molecule has 0 N–H and O–H groups in total. The first-order valence-electron chi connectivity index (χ1n) is 11.0. The van der Waals surface area contributed by atoms with Crippen molar-refractivity contribution in [2.24, 2.45) is 11.8 Å². The Labute approximate surface area is 202 Å². The maximum absolute atomic E-state index is 13.2. The van der Waals surface area contributed by atoms with Gasteiger partial charge in [-0.1, -0.05) is 45.4 Å². The standard InChI is InChI=1S/C26H37O3P.Li/c1-17(2)10-12-28-22-8-9-24(23(16-22)29-13-11-18(3)4)30-26(27)25-20(6)14-19(5)15-21(25)7;/h8-9,14-18,30H,10-13H2,1-7H3;/q;+1. The predicted octanol–water partition coefficient (Wildman–Crippen LogP) is 3.61. The van der Waals surface area contributed by atoms with Crippen LogP contribution >= 0.6 is 8.58 Å². The van der Waals surface area contributed by atoms with Crippen molar-refractivity contribution in [3.8, 4) is 11.5 Å². The van der Waals surface area contributed by atoms with Crippen LogP contribution in [0.2, 0.25) is 0 Å². The Morgan fingerprint density at radius 1 is 0.871 bits per heavy atom. The fourth-order valence-corrected chi connectivity index (χ4v) is 4.55. The molecule has 2 aromatic rings. The van der Waals surface area contributed by atoms with E-state index >= 15 is 0 Å². The van der Waals surface area contributed by atoms with E-state index in [4.69, 9.17) is 9.47 Å². The Morgan fingerprint density at radius 3 is 1.97 bits per heavy atom. The quantitative estimate of drug-likeness (QED) is 0.400. The third-order valence-corrected chi connectivity index (χ3v) is 6.18. The van der Waals surface area contributed by atoms with Crippen molar-refractivity contribution in [1.82, 2.24) is 0 Å². The average molecular weight is 435 g/mol. The molecule has 0 aromatic heterocycles. The molecule has 0 fully saturated rings. The van der Waals surface area contributed by atoms with Crippen molar-refractivity contribution in [3.63, 3.8) is 0 Å². The summed E-state index contributed by atoms with van der Waals surface area (Å²) >= 11 is 0. The van der Waals surface area contributed by atoms with Crippen molar-refractivity contribution >= 4 is 19.4 Å². The molecule has 0 amide bonds.